The molecule has 1 saturated heterocycles. The Balaban J connectivity index is 1.29. The first-order valence-electron chi connectivity index (χ1n) is 8.94. The topological polar surface area (TPSA) is 68.8 Å². The fourth-order valence-electron chi connectivity index (χ4n) is 3.80. The second-order valence-electron chi connectivity index (χ2n) is 6.94. The van der Waals surface area contributed by atoms with Crippen molar-refractivity contribution >= 4 is 0 Å². The molecular weight excluding hydrogens is 304 g/mol. The van der Waals surface area contributed by atoms with Crippen LogP contribution in [0.4, 0.5) is 0 Å². The number of nitrogens with zero attached hydrogens (tertiary/aromatic N) is 6. The van der Waals surface area contributed by atoms with E-state index in [0.29, 0.717) is 5.92 Å². The normalized spacial score (nSPS) is 18.8. The van der Waals surface area contributed by atoms with Gasteiger partial charge in [0.15, 0.2) is 0 Å². The van der Waals surface area contributed by atoms with Gasteiger partial charge in [-0.05, 0) is 56.7 Å². The van der Waals surface area contributed by atoms with Crippen molar-refractivity contribution in [2.45, 2.75) is 45.2 Å². The van der Waals surface area contributed by atoms with Crippen molar-refractivity contribution in [3.8, 4) is 0 Å². The van der Waals surface area contributed by atoms with Gasteiger partial charge in [0.2, 0.25) is 0 Å². The van der Waals surface area contributed by atoms with Crippen LogP contribution in [0.2, 0.25) is 0 Å². The van der Waals surface area contributed by atoms with Gasteiger partial charge in [0, 0.05) is 25.4 Å². The number of hydrogen-bond acceptors (Lipinski definition) is 5. The summed E-state index contributed by atoms with van der Waals surface area (Å²) in [5, 5.41) is 12.4. The highest BCUT2D eigenvalue weighted by Gasteiger charge is 2.21. The fourth-order valence-corrected chi connectivity index (χ4v) is 3.80. The Labute approximate surface area is 141 Å². The summed E-state index contributed by atoms with van der Waals surface area (Å²) in [6, 6.07) is 1.81. The minimum Gasteiger partial charge on any atom is -0.301 e. The molecule has 1 aliphatic heterocycles. The van der Waals surface area contributed by atoms with Crippen molar-refractivity contribution in [2.75, 3.05) is 19.6 Å². The molecule has 0 saturated carbocycles. The van der Waals surface area contributed by atoms with Gasteiger partial charge in [-0.1, -0.05) is 5.21 Å². The Morgan fingerprint density at radius 1 is 1.17 bits per heavy atom. The van der Waals surface area contributed by atoms with Crippen LogP contribution in [-0.2, 0) is 25.9 Å². The Morgan fingerprint density at radius 2 is 2.04 bits per heavy atom. The molecule has 4 rings (SSSR count). The zero-order valence-electron chi connectivity index (χ0n) is 14.0. The monoisotopic (exact) mass is 328 g/mol. The zero-order valence-corrected chi connectivity index (χ0v) is 14.0. The van der Waals surface area contributed by atoms with Gasteiger partial charge in [-0.2, -0.15) is 5.10 Å². The fraction of sp³-hybridized carbons (Fsp3) is 0.647. The second-order valence-corrected chi connectivity index (χ2v) is 6.94. The molecule has 7 heteroatoms. The molecular formula is C17H24N6O. The third-order valence-electron chi connectivity index (χ3n) is 5.28. The predicted octanol–water partition coefficient (Wildman–Crippen LogP) is 0.736. The van der Waals surface area contributed by atoms with Gasteiger partial charge in [0.05, 0.1) is 18.4 Å². The van der Waals surface area contributed by atoms with E-state index in [0.717, 1.165) is 70.5 Å². The summed E-state index contributed by atoms with van der Waals surface area (Å²) in [6.45, 7) is 4.82. The summed E-state index contributed by atoms with van der Waals surface area (Å²) >= 11 is 0. The van der Waals surface area contributed by atoms with Gasteiger partial charge >= 0.3 is 0 Å². The molecule has 0 radical (unpaired) electrons. The third kappa shape index (κ3) is 3.40. The molecule has 1 aliphatic carbocycles. The van der Waals surface area contributed by atoms with Gasteiger partial charge < -0.3 is 4.90 Å². The molecule has 0 amide bonds. The molecule has 7 nitrogen and oxygen atoms in total. The van der Waals surface area contributed by atoms with E-state index in [4.69, 9.17) is 0 Å². The largest absolute Gasteiger partial charge is 0.301 e. The lowest BCUT2D eigenvalue weighted by atomic mass is 9.97. The van der Waals surface area contributed by atoms with Crippen molar-refractivity contribution < 1.29 is 0 Å². The summed E-state index contributed by atoms with van der Waals surface area (Å²) < 4.78 is 3.58. The molecule has 0 spiro atoms. The van der Waals surface area contributed by atoms with Crippen molar-refractivity contribution in [3.63, 3.8) is 0 Å². The number of piperidine rings is 1. The standard InChI is InChI=1S/C17H24N6O/c24-17-12-15-2-1-3-16(15)19-23(17)13-14-4-7-21(8-5-14)10-11-22-9-6-18-20-22/h6,9,12,14H,1-5,7-8,10-11,13H2. The van der Waals surface area contributed by atoms with E-state index in [2.05, 4.69) is 20.3 Å². The minimum absolute atomic E-state index is 0.0734. The molecule has 1 fully saturated rings. The van der Waals surface area contributed by atoms with E-state index in [9.17, 15) is 4.79 Å². The second kappa shape index (κ2) is 6.84. The molecule has 24 heavy (non-hydrogen) atoms. The highest BCUT2D eigenvalue weighted by molar-refractivity contribution is 5.22. The van der Waals surface area contributed by atoms with Crippen molar-refractivity contribution in [1.29, 1.82) is 0 Å². The third-order valence-corrected chi connectivity index (χ3v) is 5.28. The van der Waals surface area contributed by atoms with Gasteiger partial charge in [0.25, 0.3) is 5.56 Å². The van der Waals surface area contributed by atoms with Crippen LogP contribution in [0, 0.1) is 5.92 Å². The number of rotatable bonds is 5. The van der Waals surface area contributed by atoms with Crippen molar-refractivity contribution in [1.82, 2.24) is 29.7 Å². The average Bonchev–Trinajstić information content (AvgIpc) is 3.26. The number of aryl methyl sites for hydroxylation is 2. The molecule has 3 heterocycles. The van der Waals surface area contributed by atoms with Crippen LogP contribution in [0.25, 0.3) is 0 Å². The molecule has 0 unspecified atom stereocenters. The summed E-state index contributed by atoms with van der Waals surface area (Å²) in [4.78, 5) is 14.7. The lowest BCUT2D eigenvalue weighted by Crippen LogP contribution is -2.38. The van der Waals surface area contributed by atoms with E-state index in [1.54, 1.807) is 10.9 Å². The van der Waals surface area contributed by atoms with Crippen LogP contribution in [0.1, 0.15) is 30.5 Å². The SMILES string of the molecule is O=c1cc2c(nn1CC1CCN(CCn3ccnn3)CC1)CCC2. The Morgan fingerprint density at radius 3 is 2.83 bits per heavy atom. The van der Waals surface area contributed by atoms with Gasteiger partial charge in [0.1, 0.15) is 0 Å². The summed E-state index contributed by atoms with van der Waals surface area (Å²) in [5.74, 6) is 0.553. The van der Waals surface area contributed by atoms with Crippen LogP contribution in [0.5, 0.6) is 0 Å². The maximum absolute atomic E-state index is 12.2. The molecule has 2 aromatic heterocycles. The molecule has 2 aliphatic rings. The molecule has 2 aromatic rings. The minimum atomic E-state index is 0.0734. The Bertz CT molecular complexity index is 730. The smallest absolute Gasteiger partial charge is 0.267 e. The molecule has 0 N–H and O–H groups in total. The number of likely N-dealkylation sites (tertiary alicyclic amines) is 1. The lowest BCUT2D eigenvalue weighted by Gasteiger charge is -2.31. The van der Waals surface area contributed by atoms with E-state index < -0.39 is 0 Å². The quantitative estimate of drug-likeness (QED) is 0.809. The summed E-state index contributed by atoms with van der Waals surface area (Å²) in [5.41, 5.74) is 2.38. The average molecular weight is 328 g/mol. The highest BCUT2D eigenvalue weighted by atomic mass is 16.1. The predicted molar refractivity (Wildman–Crippen MR) is 89.7 cm³/mol. The van der Waals surface area contributed by atoms with Crippen LogP contribution in [0.15, 0.2) is 23.3 Å². The number of hydrogen-bond donors (Lipinski definition) is 0. The number of fused-ring (bicyclic) bond motifs is 1. The Kier molecular flexibility index (Phi) is 4.42. The van der Waals surface area contributed by atoms with Crippen molar-refractivity contribution in [2.24, 2.45) is 5.92 Å². The maximum Gasteiger partial charge on any atom is 0.267 e. The summed E-state index contributed by atoms with van der Waals surface area (Å²) in [7, 11) is 0. The van der Waals surface area contributed by atoms with Gasteiger partial charge in [-0.25, -0.2) is 4.68 Å². The van der Waals surface area contributed by atoms with Crippen molar-refractivity contribution in [3.05, 3.63) is 40.1 Å². The summed E-state index contributed by atoms with van der Waals surface area (Å²) in [6.07, 6.45) is 9.05. The lowest BCUT2D eigenvalue weighted by molar-refractivity contribution is 0.163. The van der Waals surface area contributed by atoms with Gasteiger partial charge in [-0.3, -0.25) is 9.48 Å². The first-order chi connectivity index (χ1) is 11.8. The van der Waals surface area contributed by atoms with E-state index >= 15 is 0 Å². The first-order valence-corrected chi connectivity index (χ1v) is 8.94. The van der Waals surface area contributed by atoms with Crippen LogP contribution in [0.3, 0.4) is 0 Å². The Hall–Kier alpha value is -2.02. The molecule has 0 aromatic carbocycles. The molecule has 0 bridgehead atoms. The van der Waals surface area contributed by atoms with Gasteiger partial charge in [-0.15, -0.1) is 5.10 Å². The molecule has 0 atom stereocenters. The van der Waals surface area contributed by atoms with E-state index in [1.807, 2.05) is 16.9 Å². The highest BCUT2D eigenvalue weighted by Crippen LogP contribution is 2.20. The number of aromatic nitrogens is 5. The molecule has 128 valence electrons. The van der Waals surface area contributed by atoms with Crippen LogP contribution < -0.4 is 5.56 Å². The van der Waals surface area contributed by atoms with E-state index in [-0.39, 0.29) is 5.56 Å². The van der Waals surface area contributed by atoms with Crippen LogP contribution >= 0.6 is 0 Å². The zero-order chi connectivity index (χ0) is 16.4. The van der Waals surface area contributed by atoms with E-state index in [1.165, 1.54) is 5.56 Å². The maximum atomic E-state index is 12.2. The first kappa shape index (κ1) is 15.5. The van der Waals surface area contributed by atoms with Crippen LogP contribution in [-0.4, -0.2) is 49.3 Å².